The standard InChI is InChI=1S/C20H24ClN5O4S/c1-3-5-9-25(16-17(22)26(8-4-2)19(29)24-18(16)28)15(27)11-31-20-23-13-7-6-12(21)10-14(13)30-20/h6-7,10H,3-5,8-9,11,22H2,1-2H3,(H,24,28,29). The van der Waals surface area contributed by atoms with E-state index >= 15 is 0 Å². The zero-order valence-electron chi connectivity index (χ0n) is 17.3. The lowest BCUT2D eigenvalue weighted by atomic mass is 10.2. The number of fused-ring (bicyclic) bond motifs is 1. The molecular weight excluding hydrogens is 442 g/mol. The van der Waals surface area contributed by atoms with E-state index in [-0.39, 0.29) is 23.2 Å². The largest absolute Gasteiger partial charge is 0.431 e. The van der Waals surface area contributed by atoms with Gasteiger partial charge < -0.3 is 15.1 Å². The minimum absolute atomic E-state index is 0.00329. The summed E-state index contributed by atoms with van der Waals surface area (Å²) in [6, 6.07) is 5.09. The van der Waals surface area contributed by atoms with Crippen molar-refractivity contribution in [3.05, 3.63) is 44.1 Å². The van der Waals surface area contributed by atoms with Gasteiger partial charge in [0.15, 0.2) is 11.3 Å². The minimum Gasteiger partial charge on any atom is -0.431 e. The Morgan fingerprint density at radius 3 is 2.81 bits per heavy atom. The Morgan fingerprint density at radius 2 is 2.10 bits per heavy atom. The van der Waals surface area contributed by atoms with Crippen molar-refractivity contribution in [1.29, 1.82) is 0 Å². The van der Waals surface area contributed by atoms with Gasteiger partial charge in [0.25, 0.3) is 10.8 Å². The summed E-state index contributed by atoms with van der Waals surface area (Å²) in [5.74, 6) is -0.366. The first-order valence-corrected chi connectivity index (χ1v) is 11.3. The van der Waals surface area contributed by atoms with Crippen LogP contribution in [0.5, 0.6) is 0 Å². The van der Waals surface area contributed by atoms with E-state index < -0.39 is 11.2 Å². The van der Waals surface area contributed by atoms with E-state index in [0.29, 0.717) is 47.3 Å². The number of hydrogen-bond donors (Lipinski definition) is 2. The summed E-state index contributed by atoms with van der Waals surface area (Å²) in [6.07, 6.45) is 2.13. The molecule has 11 heteroatoms. The van der Waals surface area contributed by atoms with Crippen molar-refractivity contribution in [2.24, 2.45) is 0 Å². The van der Waals surface area contributed by atoms with Crippen LogP contribution in [0.3, 0.4) is 0 Å². The predicted octanol–water partition coefficient (Wildman–Crippen LogP) is 3.25. The third-order valence-electron chi connectivity index (χ3n) is 4.62. The number of benzene rings is 1. The summed E-state index contributed by atoms with van der Waals surface area (Å²) < 4.78 is 6.92. The Hall–Kier alpha value is -2.72. The lowest BCUT2D eigenvalue weighted by Crippen LogP contribution is -2.42. The molecule has 31 heavy (non-hydrogen) atoms. The van der Waals surface area contributed by atoms with Crippen LogP contribution in [0, 0.1) is 0 Å². The minimum atomic E-state index is -0.680. The predicted molar refractivity (Wildman–Crippen MR) is 123 cm³/mol. The normalized spacial score (nSPS) is 11.2. The molecule has 0 saturated heterocycles. The fourth-order valence-electron chi connectivity index (χ4n) is 3.10. The van der Waals surface area contributed by atoms with E-state index in [2.05, 4.69) is 9.97 Å². The van der Waals surface area contributed by atoms with Crippen LogP contribution in [0.2, 0.25) is 5.02 Å². The molecule has 3 N–H and O–H groups in total. The van der Waals surface area contributed by atoms with Gasteiger partial charge in [-0.25, -0.2) is 9.78 Å². The van der Waals surface area contributed by atoms with Crippen LogP contribution in [0.15, 0.2) is 37.4 Å². The molecule has 2 heterocycles. The first-order valence-electron chi connectivity index (χ1n) is 9.97. The number of unbranched alkanes of at least 4 members (excludes halogenated alkanes) is 1. The number of hydrogen-bond acceptors (Lipinski definition) is 7. The molecule has 0 bridgehead atoms. The van der Waals surface area contributed by atoms with Crippen LogP contribution in [0.1, 0.15) is 33.1 Å². The van der Waals surface area contributed by atoms with Crippen molar-refractivity contribution < 1.29 is 9.21 Å². The number of rotatable bonds is 9. The Labute approximate surface area is 187 Å². The Morgan fingerprint density at radius 1 is 1.32 bits per heavy atom. The van der Waals surface area contributed by atoms with Gasteiger partial charge in [-0.1, -0.05) is 43.6 Å². The lowest BCUT2D eigenvalue weighted by Gasteiger charge is -2.24. The van der Waals surface area contributed by atoms with Crippen LogP contribution in [-0.4, -0.2) is 32.7 Å². The summed E-state index contributed by atoms with van der Waals surface area (Å²) in [5.41, 5.74) is 6.04. The van der Waals surface area contributed by atoms with E-state index in [0.717, 1.165) is 18.2 Å². The molecule has 3 rings (SSSR count). The molecule has 0 atom stereocenters. The third kappa shape index (κ3) is 5.13. The van der Waals surface area contributed by atoms with Gasteiger partial charge in [-0.05, 0) is 25.0 Å². The first kappa shape index (κ1) is 23.0. The number of nitrogens with one attached hydrogen (secondary N) is 1. The van der Waals surface area contributed by atoms with E-state index in [1.165, 1.54) is 9.47 Å². The van der Waals surface area contributed by atoms with Crippen molar-refractivity contribution in [3.8, 4) is 0 Å². The lowest BCUT2D eigenvalue weighted by molar-refractivity contribution is -0.116. The molecule has 1 aromatic carbocycles. The van der Waals surface area contributed by atoms with Crippen LogP contribution in [0.25, 0.3) is 11.1 Å². The maximum atomic E-state index is 13.1. The SMILES string of the molecule is CCCCN(C(=O)CSc1nc2ccc(Cl)cc2o1)c1c(N)n(CCC)c(=O)[nH]c1=O. The number of carbonyl (C=O) groups is 1. The first-order chi connectivity index (χ1) is 14.8. The van der Waals surface area contributed by atoms with Gasteiger partial charge in [0.05, 0.1) is 5.75 Å². The van der Waals surface area contributed by atoms with Gasteiger partial charge in [-0.3, -0.25) is 19.1 Å². The second-order valence-corrected chi connectivity index (χ2v) is 8.29. The molecule has 3 aromatic rings. The number of nitrogens with zero attached hydrogens (tertiary/aromatic N) is 3. The van der Waals surface area contributed by atoms with Crippen LogP contribution >= 0.6 is 23.4 Å². The maximum absolute atomic E-state index is 13.1. The molecular formula is C20H24ClN5O4S. The molecule has 166 valence electrons. The molecule has 0 saturated carbocycles. The van der Waals surface area contributed by atoms with Crippen LogP contribution < -0.4 is 21.9 Å². The highest BCUT2D eigenvalue weighted by molar-refractivity contribution is 7.99. The molecule has 2 aromatic heterocycles. The molecule has 0 aliphatic rings. The fraction of sp³-hybridized carbons (Fsp3) is 0.400. The molecule has 0 aliphatic carbocycles. The van der Waals surface area contributed by atoms with E-state index in [9.17, 15) is 14.4 Å². The monoisotopic (exact) mass is 465 g/mol. The van der Waals surface area contributed by atoms with Gasteiger partial charge in [0, 0.05) is 24.2 Å². The number of nitrogen functional groups attached to an aromatic ring is 1. The number of nitrogens with two attached hydrogens (primary N) is 1. The third-order valence-corrected chi connectivity index (χ3v) is 5.67. The van der Waals surface area contributed by atoms with Crippen LogP contribution in [0.4, 0.5) is 11.5 Å². The number of aromatic nitrogens is 3. The van der Waals surface area contributed by atoms with Crippen LogP contribution in [-0.2, 0) is 11.3 Å². The second-order valence-electron chi connectivity index (χ2n) is 6.92. The summed E-state index contributed by atoms with van der Waals surface area (Å²) >= 11 is 7.08. The molecule has 0 fully saturated rings. The molecule has 9 nitrogen and oxygen atoms in total. The summed E-state index contributed by atoms with van der Waals surface area (Å²) in [5, 5.41) is 0.845. The smallest absolute Gasteiger partial charge is 0.330 e. The van der Waals surface area contributed by atoms with Crippen molar-refractivity contribution in [1.82, 2.24) is 14.5 Å². The number of H-pyrrole nitrogens is 1. The fourth-order valence-corrected chi connectivity index (χ4v) is 3.98. The molecule has 1 amide bonds. The summed E-state index contributed by atoms with van der Waals surface area (Å²) in [7, 11) is 0. The van der Waals surface area contributed by atoms with Gasteiger partial charge in [-0.15, -0.1) is 0 Å². The molecule has 0 radical (unpaired) electrons. The number of anilines is 2. The Balaban J connectivity index is 1.88. The van der Waals surface area contributed by atoms with Crippen molar-refractivity contribution in [2.75, 3.05) is 22.9 Å². The quantitative estimate of drug-likeness (QED) is 0.464. The van der Waals surface area contributed by atoms with E-state index in [4.69, 9.17) is 21.8 Å². The molecule has 0 unspecified atom stereocenters. The maximum Gasteiger partial charge on any atom is 0.330 e. The average Bonchev–Trinajstić information content (AvgIpc) is 3.13. The highest BCUT2D eigenvalue weighted by Gasteiger charge is 2.24. The van der Waals surface area contributed by atoms with E-state index in [1.54, 1.807) is 18.2 Å². The van der Waals surface area contributed by atoms with Gasteiger partial charge >= 0.3 is 5.69 Å². The van der Waals surface area contributed by atoms with Gasteiger partial charge in [0.2, 0.25) is 5.91 Å². The van der Waals surface area contributed by atoms with Gasteiger partial charge in [0.1, 0.15) is 11.3 Å². The molecule has 0 spiro atoms. The zero-order valence-corrected chi connectivity index (χ0v) is 18.9. The van der Waals surface area contributed by atoms with Gasteiger partial charge in [-0.2, -0.15) is 0 Å². The number of halogens is 1. The van der Waals surface area contributed by atoms with Crippen molar-refractivity contribution in [3.63, 3.8) is 0 Å². The number of amides is 1. The van der Waals surface area contributed by atoms with E-state index in [1.807, 2.05) is 13.8 Å². The highest BCUT2D eigenvalue weighted by atomic mass is 35.5. The molecule has 0 aliphatic heterocycles. The summed E-state index contributed by atoms with van der Waals surface area (Å²) in [4.78, 5) is 45.7. The summed E-state index contributed by atoms with van der Waals surface area (Å²) in [6.45, 7) is 4.51. The Bertz CT molecular complexity index is 1200. The number of carbonyl (C=O) groups excluding carboxylic acids is 1. The highest BCUT2D eigenvalue weighted by Crippen LogP contribution is 2.27. The number of oxazole rings is 1. The van der Waals surface area contributed by atoms with Crippen molar-refractivity contribution >= 4 is 51.9 Å². The number of aromatic amines is 1. The Kier molecular flexibility index (Phi) is 7.45. The zero-order chi connectivity index (χ0) is 22.5. The topological polar surface area (TPSA) is 127 Å². The second kappa shape index (κ2) is 10.1. The van der Waals surface area contributed by atoms with Crippen molar-refractivity contribution in [2.45, 2.75) is 44.9 Å². The average molecular weight is 466 g/mol. The number of thioether (sulfide) groups is 1.